The molecule has 0 aliphatic carbocycles. The molecule has 10 nitrogen and oxygen atoms in total. The molecule has 0 atom stereocenters. The van der Waals surface area contributed by atoms with Crippen molar-refractivity contribution in [2.75, 3.05) is 0 Å². The average Bonchev–Trinajstić information content (AvgIpc) is 3.03. The Labute approximate surface area is 294 Å². The zero-order valence-electron chi connectivity index (χ0n) is 24.6. The smallest absolute Gasteiger partial charge is 0.339 e. The van der Waals surface area contributed by atoms with Gasteiger partial charge in [0.1, 0.15) is 17.2 Å². The van der Waals surface area contributed by atoms with Gasteiger partial charge in [-0.05, 0) is 65.7 Å². The van der Waals surface area contributed by atoms with Gasteiger partial charge in [0, 0.05) is 43.4 Å². The first-order valence-electron chi connectivity index (χ1n) is 13.8. The molecule has 0 saturated heterocycles. The van der Waals surface area contributed by atoms with Crippen LogP contribution in [0, 0.1) is 11.6 Å². The number of hydrogen-bond acceptors (Lipinski definition) is 5. The molecular weight excluding hydrogens is 725 g/mol. The van der Waals surface area contributed by atoms with Crippen LogP contribution in [-0.4, -0.2) is 55.4 Å². The molecule has 0 aromatic heterocycles. The standard InChI is InChI=1S/C35H17Cl3F2O10/c36-13-5-7-17(31(41)42)19(8-13)20-10-15(39)11-21(27(20)34(47)48)22-12-24(33(45)46)26(16-6-4-14(37)9-23(16)32(43)44)29(30(22)38)18-2-1-3-25(40)28(18)35(49)50/h1-12H,(H,41,42)(H,43,44)(H,45,46)(H,47,48)(H,49,50). The molecule has 0 fully saturated rings. The summed E-state index contributed by atoms with van der Waals surface area (Å²) in [7, 11) is 0. The number of halogens is 5. The maximum Gasteiger partial charge on any atom is 0.339 e. The molecule has 15 heteroatoms. The molecule has 0 bridgehead atoms. The molecule has 5 aromatic carbocycles. The summed E-state index contributed by atoms with van der Waals surface area (Å²) >= 11 is 19.0. The van der Waals surface area contributed by atoms with Crippen molar-refractivity contribution in [3.8, 4) is 44.5 Å². The third-order valence-corrected chi connectivity index (χ3v) is 8.44. The number of hydrogen-bond donors (Lipinski definition) is 5. The molecule has 5 rings (SSSR count). The van der Waals surface area contributed by atoms with Crippen molar-refractivity contribution in [1.82, 2.24) is 0 Å². The summed E-state index contributed by atoms with van der Waals surface area (Å²) in [4.78, 5) is 62.7. The largest absolute Gasteiger partial charge is 0.478 e. The zero-order chi connectivity index (χ0) is 36.8. The van der Waals surface area contributed by atoms with Gasteiger partial charge in [0.25, 0.3) is 0 Å². The quantitative estimate of drug-likeness (QED) is 0.0975. The second-order valence-corrected chi connectivity index (χ2v) is 11.7. The van der Waals surface area contributed by atoms with E-state index < -0.39 is 108 Å². The lowest BCUT2D eigenvalue weighted by atomic mass is 9.82. The first kappa shape index (κ1) is 35.5. The zero-order valence-corrected chi connectivity index (χ0v) is 26.9. The van der Waals surface area contributed by atoms with Gasteiger partial charge in [-0.2, -0.15) is 0 Å². The van der Waals surface area contributed by atoms with E-state index in [0.29, 0.717) is 12.1 Å². The monoisotopic (exact) mass is 740 g/mol. The average molecular weight is 742 g/mol. The third-order valence-electron chi connectivity index (χ3n) is 7.58. The van der Waals surface area contributed by atoms with Crippen molar-refractivity contribution in [3.05, 3.63) is 127 Å². The molecule has 50 heavy (non-hydrogen) atoms. The summed E-state index contributed by atoms with van der Waals surface area (Å²) in [5.41, 5.74) is -7.60. The van der Waals surface area contributed by atoms with Gasteiger partial charge in [0.2, 0.25) is 0 Å². The molecule has 5 N–H and O–H groups in total. The predicted molar refractivity (Wildman–Crippen MR) is 178 cm³/mol. The molecule has 0 aliphatic rings. The minimum atomic E-state index is -1.83. The molecule has 0 saturated carbocycles. The normalized spacial score (nSPS) is 10.9. The summed E-state index contributed by atoms with van der Waals surface area (Å²) in [5.74, 6) is -10.9. The first-order valence-corrected chi connectivity index (χ1v) is 14.9. The Kier molecular flexibility index (Phi) is 9.65. The van der Waals surface area contributed by atoms with Gasteiger partial charge in [-0.3, -0.25) is 0 Å². The maximum atomic E-state index is 15.5. The van der Waals surface area contributed by atoms with Crippen LogP contribution in [0.2, 0.25) is 15.1 Å². The number of carbonyl (C=O) groups is 5. The summed E-state index contributed by atoms with van der Waals surface area (Å²) in [6, 6.07) is 11.8. The van der Waals surface area contributed by atoms with Crippen LogP contribution >= 0.6 is 34.8 Å². The van der Waals surface area contributed by atoms with E-state index in [1.165, 1.54) is 12.1 Å². The fourth-order valence-electron chi connectivity index (χ4n) is 5.61. The van der Waals surface area contributed by atoms with Crippen LogP contribution in [-0.2, 0) is 0 Å². The van der Waals surface area contributed by atoms with Gasteiger partial charge in [0.05, 0.1) is 27.3 Å². The van der Waals surface area contributed by atoms with E-state index in [9.17, 15) is 49.5 Å². The molecule has 252 valence electrons. The Morgan fingerprint density at radius 1 is 0.460 bits per heavy atom. The van der Waals surface area contributed by atoms with Gasteiger partial charge in [0.15, 0.2) is 0 Å². The van der Waals surface area contributed by atoms with Gasteiger partial charge >= 0.3 is 29.8 Å². The SMILES string of the molecule is O=C(O)c1ccc(Cl)cc1-c1cc(F)cc(-c2cc(C(=O)O)c(-c3ccc(Cl)cc3C(=O)O)c(-c3cccc(F)c3C(=O)O)c2Cl)c1C(=O)O. The molecule has 0 spiro atoms. The Hall–Kier alpha value is -5.82. The fraction of sp³-hybridized carbons (Fsp3) is 0. The van der Waals surface area contributed by atoms with Gasteiger partial charge in [-0.1, -0.05) is 53.0 Å². The molecular formula is C35H17Cl3F2O10. The fourth-order valence-corrected chi connectivity index (χ4v) is 6.30. The van der Waals surface area contributed by atoms with E-state index in [2.05, 4.69) is 0 Å². The summed E-state index contributed by atoms with van der Waals surface area (Å²) in [6.45, 7) is 0. The number of benzene rings is 5. The van der Waals surface area contributed by atoms with E-state index in [4.69, 9.17) is 34.8 Å². The minimum absolute atomic E-state index is 0.0468. The number of rotatable bonds is 9. The molecule has 0 unspecified atom stereocenters. The van der Waals surface area contributed by atoms with Crippen LogP contribution < -0.4 is 0 Å². The van der Waals surface area contributed by atoms with Crippen LogP contribution in [0.25, 0.3) is 44.5 Å². The summed E-state index contributed by atoms with van der Waals surface area (Å²) in [5, 5.41) is 50.0. The van der Waals surface area contributed by atoms with Gasteiger partial charge in [-0.25, -0.2) is 32.8 Å². The van der Waals surface area contributed by atoms with Crippen molar-refractivity contribution < 1.29 is 58.3 Å². The van der Waals surface area contributed by atoms with Crippen molar-refractivity contribution in [3.63, 3.8) is 0 Å². The first-order chi connectivity index (χ1) is 23.5. The maximum absolute atomic E-state index is 15.5. The third kappa shape index (κ3) is 6.34. The highest BCUT2D eigenvalue weighted by Gasteiger charge is 2.32. The molecule has 0 aliphatic heterocycles. The second-order valence-electron chi connectivity index (χ2n) is 10.5. The van der Waals surface area contributed by atoms with Crippen LogP contribution in [0.5, 0.6) is 0 Å². The lowest BCUT2D eigenvalue weighted by Gasteiger charge is -2.22. The Balaban J connectivity index is 2.06. The van der Waals surface area contributed by atoms with Gasteiger partial charge in [-0.15, -0.1) is 0 Å². The lowest BCUT2D eigenvalue weighted by Crippen LogP contribution is -2.11. The van der Waals surface area contributed by atoms with E-state index in [1.54, 1.807) is 0 Å². The van der Waals surface area contributed by atoms with E-state index in [-0.39, 0.29) is 21.2 Å². The summed E-state index contributed by atoms with van der Waals surface area (Å²) in [6.07, 6.45) is 0. The van der Waals surface area contributed by atoms with Gasteiger partial charge < -0.3 is 25.5 Å². The van der Waals surface area contributed by atoms with Crippen LogP contribution in [0.1, 0.15) is 51.8 Å². The van der Waals surface area contributed by atoms with E-state index in [0.717, 1.165) is 48.5 Å². The van der Waals surface area contributed by atoms with Crippen LogP contribution in [0.4, 0.5) is 8.78 Å². The highest BCUT2D eigenvalue weighted by atomic mass is 35.5. The summed E-state index contributed by atoms with van der Waals surface area (Å²) < 4.78 is 30.7. The second kappa shape index (κ2) is 13.6. The van der Waals surface area contributed by atoms with Crippen molar-refractivity contribution in [2.45, 2.75) is 0 Å². The van der Waals surface area contributed by atoms with E-state index in [1.807, 2.05) is 0 Å². The molecule has 0 amide bonds. The predicted octanol–water partition coefficient (Wildman–Crippen LogP) is 9.08. The molecule has 5 aromatic rings. The topological polar surface area (TPSA) is 186 Å². The minimum Gasteiger partial charge on any atom is -0.478 e. The number of aromatic carboxylic acids is 5. The van der Waals surface area contributed by atoms with Crippen LogP contribution in [0.3, 0.4) is 0 Å². The molecule has 0 radical (unpaired) electrons. The Morgan fingerprint density at radius 2 is 1.02 bits per heavy atom. The number of carboxylic acid groups (broad SMARTS) is 5. The highest BCUT2D eigenvalue weighted by Crippen LogP contribution is 2.49. The lowest BCUT2D eigenvalue weighted by molar-refractivity contribution is 0.0683. The Bertz CT molecular complexity index is 2340. The Morgan fingerprint density at radius 3 is 1.60 bits per heavy atom. The van der Waals surface area contributed by atoms with Crippen LogP contribution in [0.15, 0.2) is 72.8 Å². The highest BCUT2D eigenvalue weighted by molar-refractivity contribution is 6.38. The van der Waals surface area contributed by atoms with Crippen molar-refractivity contribution in [1.29, 1.82) is 0 Å². The van der Waals surface area contributed by atoms with Crippen molar-refractivity contribution >= 4 is 64.6 Å². The molecule has 0 heterocycles. The number of carboxylic acids is 5. The van der Waals surface area contributed by atoms with Crippen molar-refractivity contribution in [2.24, 2.45) is 0 Å². The van der Waals surface area contributed by atoms with E-state index >= 15 is 8.78 Å².